The molecule has 6 heavy (non-hydrogen) atoms. The molecule has 0 unspecified atom stereocenters. The molecule has 0 fully saturated rings. The minimum absolute atomic E-state index is 0. The maximum absolute atomic E-state index is 9.43. The van der Waals surface area contributed by atoms with Crippen LogP contribution in [0.2, 0.25) is 0 Å². The molecular formula is C2H5I3O. The summed E-state index contributed by atoms with van der Waals surface area (Å²) in [4.78, 5) is 9.43. The number of carbonyl (C=O) groups is 1. The lowest BCUT2D eigenvalue weighted by molar-refractivity contribution is -0.107. The van der Waals surface area contributed by atoms with E-state index >= 15 is 0 Å². The Morgan fingerprint density at radius 2 is 1.50 bits per heavy atom. The molecule has 4 heteroatoms. The van der Waals surface area contributed by atoms with Gasteiger partial charge in [-0.1, -0.05) is 0 Å². The molecule has 1 nitrogen and oxygen atoms in total. The summed E-state index contributed by atoms with van der Waals surface area (Å²) in [6.07, 6.45) is 0. The molecule has 0 spiro atoms. The van der Waals surface area contributed by atoms with E-state index in [4.69, 9.17) is 0 Å². The van der Waals surface area contributed by atoms with Crippen molar-refractivity contribution < 1.29 is 4.79 Å². The maximum atomic E-state index is 9.43. The first-order valence-electron chi connectivity index (χ1n) is 0.893. The van der Waals surface area contributed by atoms with Crippen molar-refractivity contribution >= 4 is 74.3 Å². The molecule has 0 aliphatic rings. The van der Waals surface area contributed by atoms with E-state index in [1.54, 1.807) is 22.6 Å². The van der Waals surface area contributed by atoms with Gasteiger partial charge in [0.15, 0.2) is 3.79 Å². The number of carbonyl (C=O) groups excluding carboxylic acids is 1. The zero-order valence-corrected chi connectivity index (χ0v) is 9.92. The molecule has 0 aliphatic carbocycles. The topological polar surface area (TPSA) is 17.1 Å². The first-order valence-corrected chi connectivity index (χ1v) is 1.97. The molecule has 0 radical (unpaired) electrons. The smallest absolute Gasteiger partial charge is 0.189 e. The average molecular weight is 426 g/mol. The summed E-state index contributed by atoms with van der Waals surface area (Å²) in [6.45, 7) is 1.51. The highest BCUT2D eigenvalue weighted by atomic mass is 127. The minimum atomic E-state index is 0. The van der Waals surface area contributed by atoms with E-state index < -0.39 is 0 Å². The van der Waals surface area contributed by atoms with Gasteiger partial charge in [-0.15, -0.1) is 48.0 Å². The van der Waals surface area contributed by atoms with Crippen LogP contribution in [0.3, 0.4) is 0 Å². The monoisotopic (exact) mass is 426 g/mol. The van der Waals surface area contributed by atoms with Gasteiger partial charge in [0.25, 0.3) is 0 Å². The van der Waals surface area contributed by atoms with Crippen molar-refractivity contribution in [2.75, 3.05) is 0 Å². The summed E-state index contributed by atoms with van der Waals surface area (Å²) in [7, 11) is 0. The van der Waals surface area contributed by atoms with Crippen molar-refractivity contribution in [3.63, 3.8) is 0 Å². The highest BCUT2D eigenvalue weighted by Gasteiger charge is 1.66. The third kappa shape index (κ3) is 40.0. The van der Waals surface area contributed by atoms with Crippen molar-refractivity contribution in [2.45, 2.75) is 6.92 Å². The van der Waals surface area contributed by atoms with Crippen LogP contribution in [0.15, 0.2) is 0 Å². The first kappa shape index (κ1) is 15.7. The molecule has 0 aromatic heterocycles. The Morgan fingerprint density at radius 3 is 1.50 bits per heavy atom. The van der Waals surface area contributed by atoms with E-state index in [0.717, 1.165) is 0 Å². The van der Waals surface area contributed by atoms with Gasteiger partial charge in [-0.05, 0) is 22.6 Å². The normalized spacial score (nSPS) is 4.33. The summed E-state index contributed by atoms with van der Waals surface area (Å²) >= 11 is 1.70. The molecule has 0 atom stereocenters. The van der Waals surface area contributed by atoms with Crippen LogP contribution < -0.4 is 0 Å². The molecule has 0 aromatic carbocycles. The van der Waals surface area contributed by atoms with E-state index in [-0.39, 0.29) is 51.7 Å². The molecule has 0 N–H and O–H groups in total. The van der Waals surface area contributed by atoms with E-state index in [1.165, 1.54) is 6.92 Å². The van der Waals surface area contributed by atoms with E-state index in [1.807, 2.05) is 0 Å². The van der Waals surface area contributed by atoms with Crippen molar-refractivity contribution in [1.29, 1.82) is 0 Å². The molecule has 0 saturated carbocycles. The molecule has 0 amide bonds. The third-order valence-corrected chi connectivity index (χ3v) is 0. The van der Waals surface area contributed by atoms with Crippen LogP contribution in [-0.4, -0.2) is 3.79 Å². The summed E-state index contributed by atoms with van der Waals surface area (Å²) in [6, 6.07) is 0. The standard InChI is InChI=1S/C2H3IO.2HI/c1-2(3)4;;/h1H3;2*1H. The van der Waals surface area contributed by atoms with Crippen molar-refractivity contribution in [2.24, 2.45) is 0 Å². The third-order valence-electron chi connectivity index (χ3n) is 0. The lowest BCUT2D eigenvalue weighted by atomic mass is 11.0. The Balaban J connectivity index is -0.0000000450. The van der Waals surface area contributed by atoms with Gasteiger partial charge < -0.3 is 0 Å². The quantitative estimate of drug-likeness (QED) is 0.430. The number of rotatable bonds is 0. The molecule has 0 saturated heterocycles. The minimum Gasteiger partial charge on any atom is -0.288 e. The molecule has 0 aromatic rings. The Bertz CT molecular complexity index is 31.8. The van der Waals surface area contributed by atoms with Gasteiger partial charge in [0.2, 0.25) is 0 Å². The fourth-order valence-corrected chi connectivity index (χ4v) is 0. The fourth-order valence-electron chi connectivity index (χ4n) is 0. The van der Waals surface area contributed by atoms with Crippen LogP contribution in [0, 0.1) is 0 Å². The van der Waals surface area contributed by atoms with E-state index in [9.17, 15) is 4.79 Å². The molecule has 0 bridgehead atoms. The zero-order chi connectivity index (χ0) is 3.58. The van der Waals surface area contributed by atoms with E-state index in [2.05, 4.69) is 0 Å². The van der Waals surface area contributed by atoms with Crippen LogP contribution in [0.1, 0.15) is 6.92 Å². The number of hydrogen-bond acceptors (Lipinski definition) is 1. The van der Waals surface area contributed by atoms with Crippen molar-refractivity contribution in [3.05, 3.63) is 0 Å². The second kappa shape index (κ2) is 9.97. The summed E-state index contributed by atoms with van der Waals surface area (Å²) < 4.78 is 0.137. The summed E-state index contributed by atoms with van der Waals surface area (Å²) in [5.41, 5.74) is 0. The van der Waals surface area contributed by atoms with Gasteiger partial charge in [-0.25, -0.2) is 0 Å². The van der Waals surface area contributed by atoms with Crippen LogP contribution in [0.5, 0.6) is 0 Å². The van der Waals surface area contributed by atoms with Gasteiger partial charge in [0.1, 0.15) is 0 Å². The van der Waals surface area contributed by atoms with Gasteiger partial charge in [0, 0.05) is 6.92 Å². The van der Waals surface area contributed by atoms with Crippen LogP contribution >= 0.6 is 70.5 Å². The van der Waals surface area contributed by atoms with Crippen molar-refractivity contribution in [1.82, 2.24) is 0 Å². The predicted molar refractivity (Wildman–Crippen MR) is 55.5 cm³/mol. The largest absolute Gasteiger partial charge is 0.288 e. The van der Waals surface area contributed by atoms with E-state index in [0.29, 0.717) is 0 Å². The predicted octanol–water partition coefficient (Wildman–Crippen LogP) is 2.20. The van der Waals surface area contributed by atoms with Crippen LogP contribution in [0.25, 0.3) is 0 Å². The fraction of sp³-hybridized carbons (Fsp3) is 0.500. The lowest BCUT2D eigenvalue weighted by Crippen LogP contribution is -1.60. The molecule has 0 aliphatic heterocycles. The van der Waals surface area contributed by atoms with Gasteiger partial charge in [-0.2, -0.15) is 0 Å². The second-order valence-electron chi connectivity index (χ2n) is 0.470. The van der Waals surface area contributed by atoms with Gasteiger partial charge in [0.05, 0.1) is 0 Å². The Kier molecular flexibility index (Phi) is 26.0. The maximum Gasteiger partial charge on any atom is 0.189 e. The number of hydrogen-bond donors (Lipinski definition) is 0. The van der Waals surface area contributed by atoms with Crippen molar-refractivity contribution in [3.8, 4) is 0 Å². The molecular weight excluding hydrogens is 421 g/mol. The molecule has 0 rings (SSSR count). The Labute approximate surface area is 84.8 Å². The number of halogens is 3. The summed E-state index contributed by atoms with van der Waals surface area (Å²) in [5.74, 6) is 0. The highest BCUT2D eigenvalue weighted by Crippen LogP contribution is 1.76. The van der Waals surface area contributed by atoms with Crippen LogP contribution in [-0.2, 0) is 4.79 Å². The van der Waals surface area contributed by atoms with Gasteiger partial charge in [-0.3, -0.25) is 4.79 Å². The molecule has 0 heterocycles. The zero-order valence-electron chi connectivity index (χ0n) is 3.10. The molecule has 40 valence electrons. The highest BCUT2D eigenvalue weighted by molar-refractivity contribution is 14.1. The SMILES string of the molecule is CC(=O)I.I.I. The van der Waals surface area contributed by atoms with Crippen LogP contribution in [0.4, 0.5) is 0 Å². The first-order chi connectivity index (χ1) is 1.73. The average Bonchev–Trinajstić information content (AvgIpc) is 0.811. The Morgan fingerprint density at radius 1 is 1.50 bits per heavy atom. The lowest BCUT2D eigenvalue weighted by Gasteiger charge is -1.52. The second-order valence-corrected chi connectivity index (χ2v) is 1.99. The Hall–Kier alpha value is 1.86. The summed E-state index contributed by atoms with van der Waals surface area (Å²) in [5, 5.41) is 0. The van der Waals surface area contributed by atoms with Gasteiger partial charge >= 0.3 is 0 Å².